The number of amides is 2. The van der Waals surface area contributed by atoms with Crippen LogP contribution in [-0.2, 0) is 11.3 Å². The smallest absolute Gasteiger partial charge is 0.358 e. The number of hydrogen-bond acceptors (Lipinski definition) is 5. The fourth-order valence-electron chi connectivity index (χ4n) is 1.93. The average molecular weight is 349 g/mol. The first-order valence-corrected chi connectivity index (χ1v) is 7.39. The Labute approximate surface area is 141 Å². The van der Waals surface area contributed by atoms with Gasteiger partial charge in [0, 0.05) is 18.7 Å². The minimum Gasteiger partial charge on any atom is -0.476 e. The molecule has 25 heavy (non-hydrogen) atoms. The van der Waals surface area contributed by atoms with Crippen molar-refractivity contribution in [3.63, 3.8) is 0 Å². The van der Waals surface area contributed by atoms with Crippen molar-refractivity contribution in [3.8, 4) is 0 Å². The number of hydrogen-bond donors (Lipinski definition) is 3. The van der Waals surface area contributed by atoms with Crippen molar-refractivity contribution in [2.24, 2.45) is 0 Å². The second-order valence-corrected chi connectivity index (χ2v) is 5.08. The molecule has 0 fully saturated rings. The lowest BCUT2D eigenvalue weighted by atomic mass is 10.2. The van der Waals surface area contributed by atoms with Gasteiger partial charge < -0.3 is 15.7 Å². The highest BCUT2D eigenvalue weighted by Crippen LogP contribution is 2.02. The van der Waals surface area contributed by atoms with Gasteiger partial charge in [-0.2, -0.15) is 0 Å². The van der Waals surface area contributed by atoms with Crippen LogP contribution in [-0.4, -0.2) is 51.0 Å². The monoisotopic (exact) mass is 349 g/mol. The molecule has 0 bridgehead atoms. The zero-order valence-electron chi connectivity index (χ0n) is 13.1. The van der Waals surface area contributed by atoms with Crippen LogP contribution in [0.2, 0.25) is 0 Å². The molecule has 0 aliphatic carbocycles. The Morgan fingerprint density at radius 2 is 1.96 bits per heavy atom. The quantitative estimate of drug-likeness (QED) is 0.578. The summed E-state index contributed by atoms with van der Waals surface area (Å²) in [5.41, 5.74) is -0.0164. The SMILES string of the molecule is O=C(Cn1cc(C(=O)O)nn1)NCCCNC(=O)c1cccc(F)c1. The normalized spacial score (nSPS) is 10.3. The predicted octanol–water partition coefficient (Wildman–Crippen LogP) is 0.0517. The van der Waals surface area contributed by atoms with E-state index >= 15 is 0 Å². The first-order chi connectivity index (χ1) is 12.0. The summed E-state index contributed by atoms with van der Waals surface area (Å²) >= 11 is 0. The molecule has 0 aliphatic heterocycles. The molecule has 0 saturated carbocycles. The van der Waals surface area contributed by atoms with Crippen LogP contribution in [0.25, 0.3) is 0 Å². The maximum Gasteiger partial charge on any atom is 0.358 e. The number of carbonyl (C=O) groups is 3. The summed E-state index contributed by atoms with van der Waals surface area (Å²) in [6.07, 6.45) is 1.63. The first kappa shape index (κ1) is 18.0. The Kier molecular flexibility index (Phi) is 6.15. The Morgan fingerprint density at radius 3 is 2.64 bits per heavy atom. The number of nitrogens with zero attached hydrogens (tertiary/aromatic N) is 3. The third kappa shape index (κ3) is 5.68. The molecular weight excluding hydrogens is 333 g/mol. The van der Waals surface area contributed by atoms with Gasteiger partial charge >= 0.3 is 5.97 Å². The topological polar surface area (TPSA) is 126 Å². The molecule has 1 heterocycles. The minimum absolute atomic E-state index is 0.157. The molecule has 3 N–H and O–H groups in total. The number of aromatic carboxylic acids is 1. The maximum atomic E-state index is 13.0. The lowest BCUT2D eigenvalue weighted by Gasteiger charge is -2.07. The van der Waals surface area contributed by atoms with Gasteiger partial charge in [-0.05, 0) is 24.6 Å². The van der Waals surface area contributed by atoms with Crippen molar-refractivity contribution in [2.45, 2.75) is 13.0 Å². The van der Waals surface area contributed by atoms with E-state index < -0.39 is 17.7 Å². The van der Waals surface area contributed by atoms with Crippen LogP contribution >= 0.6 is 0 Å². The molecule has 0 aliphatic rings. The summed E-state index contributed by atoms with van der Waals surface area (Å²) in [6.45, 7) is 0.459. The molecule has 2 amide bonds. The zero-order chi connectivity index (χ0) is 18.2. The van der Waals surface area contributed by atoms with Gasteiger partial charge in [0.05, 0.1) is 6.20 Å². The summed E-state index contributed by atoms with van der Waals surface area (Å²) in [5.74, 6) is -2.47. The lowest BCUT2D eigenvalue weighted by molar-refractivity contribution is -0.121. The number of carbonyl (C=O) groups excluding carboxylic acids is 2. The predicted molar refractivity (Wildman–Crippen MR) is 83.3 cm³/mol. The van der Waals surface area contributed by atoms with E-state index in [1.807, 2.05) is 0 Å². The third-order valence-corrected chi connectivity index (χ3v) is 3.11. The van der Waals surface area contributed by atoms with Crippen molar-refractivity contribution in [1.29, 1.82) is 0 Å². The molecule has 10 heteroatoms. The molecule has 0 radical (unpaired) electrons. The Bertz CT molecular complexity index is 777. The molecule has 132 valence electrons. The fourth-order valence-corrected chi connectivity index (χ4v) is 1.93. The van der Waals surface area contributed by atoms with Crippen LogP contribution in [0, 0.1) is 5.82 Å². The van der Waals surface area contributed by atoms with E-state index in [4.69, 9.17) is 5.11 Å². The van der Waals surface area contributed by atoms with Crippen LogP contribution in [0.1, 0.15) is 27.3 Å². The average Bonchev–Trinajstić information content (AvgIpc) is 3.03. The number of carboxylic acid groups (broad SMARTS) is 1. The van der Waals surface area contributed by atoms with E-state index in [-0.39, 0.29) is 23.7 Å². The van der Waals surface area contributed by atoms with Gasteiger partial charge in [-0.3, -0.25) is 9.59 Å². The van der Waals surface area contributed by atoms with Crippen LogP contribution in [0.15, 0.2) is 30.5 Å². The van der Waals surface area contributed by atoms with Gasteiger partial charge in [-0.1, -0.05) is 11.3 Å². The van der Waals surface area contributed by atoms with E-state index in [9.17, 15) is 18.8 Å². The molecule has 9 nitrogen and oxygen atoms in total. The van der Waals surface area contributed by atoms with E-state index in [1.54, 1.807) is 0 Å². The molecule has 0 atom stereocenters. The number of benzene rings is 1. The van der Waals surface area contributed by atoms with Crippen molar-refractivity contribution in [3.05, 3.63) is 47.5 Å². The van der Waals surface area contributed by atoms with Crippen LogP contribution in [0.4, 0.5) is 4.39 Å². The largest absolute Gasteiger partial charge is 0.476 e. The summed E-state index contributed by atoms with van der Waals surface area (Å²) in [7, 11) is 0. The van der Waals surface area contributed by atoms with Gasteiger partial charge in [-0.25, -0.2) is 13.9 Å². The molecule has 1 aromatic carbocycles. The minimum atomic E-state index is -1.22. The zero-order valence-corrected chi connectivity index (χ0v) is 13.1. The summed E-state index contributed by atoms with van der Waals surface area (Å²) in [5, 5.41) is 20.8. The Morgan fingerprint density at radius 1 is 1.20 bits per heavy atom. The molecule has 2 rings (SSSR count). The second-order valence-electron chi connectivity index (χ2n) is 5.08. The summed E-state index contributed by atoms with van der Waals surface area (Å²) in [6, 6.07) is 5.34. The van der Waals surface area contributed by atoms with Crippen molar-refractivity contribution < 1.29 is 23.9 Å². The molecular formula is C15H16FN5O4. The highest BCUT2D eigenvalue weighted by atomic mass is 19.1. The van der Waals surface area contributed by atoms with Gasteiger partial charge in [0.25, 0.3) is 5.91 Å². The number of halogens is 1. The lowest BCUT2D eigenvalue weighted by Crippen LogP contribution is -2.31. The standard InChI is InChI=1S/C15H16FN5O4/c16-11-4-1-3-10(7-11)14(23)18-6-2-5-17-13(22)9-21-8-12(15(24)25)19-20-21/h1,3-4,7-8H,2,5-6,9H2,(H,17,22)(H,18,23)(H,24,25). The molecule has 2 aromatic rings. The maximum absolute atomic E-state index is 13.0. The van der Waals surface area contributed by atoms with Crippen LogP contribution in [0.3, 0.4) is 0 Å². The number of carboxylic acids is 1. The van der Waals surface area contributed by atoms with Crippen LogP contribution in [0.5, 0.6) is 0 Å². The second kappa shape index (κ2) is 8.52. The molecule has 0 unspecified atom stereocenters. The van der Waals surface area contributed by atoms with E-state index in [2.05, 4.69) is 20.9 Å². The molecule has 0 spiro atoms. The van der Waals surface area contributed by atoms with Crippen molar-refractivity contribution in [2.75, 3.05) is 13.1 Å². The van der Waals surface area contributed by atoms with Gasteiger partial charge in [0.1, 0.15) is 12.4 Å². The highest BCUT2D eigenvalue weighted by Gasteiger charge is 2.10. The van der Waals surface area contributed by atoms with Gasteiger partial charge in [-0.15, -0.1) is 5.10 Å². The van der Waals surface area contributed by atoms with Gasteiger partial charge in [0.15, 0.2) is 5.69 Å². The highest BCUT2D eigenvalue weighted by molar-refractivity contribution is 5.94. The Hall–Kier alpha value is -3.30. The third-order valence-electron chi connectivity index (χ3n) is 3.11. The Balaban J connectivity index is 1.64. The summed E-state index contributed by atoms with van der Waals surface area (Å²) < 4.78 is 14.1. The fraction of sp³-hybridized carbons (Fsp3) is 0.267. The van der Waals surface area contributed by atoms with E-state index in [1.165, 1.54) is 18.2 Å². The van der Waals surface area contributed by atoms with E-state index in [0.717, 1.165) is 16.9 Å². The van der Waals surface area contributed by atoms with Crippen molar-refractivity contribution in [1.82, 2.24) is 25.6 Å². The van der Waals surface area contributed by atoms with Crippen LogP contribution < -0.4 is 10.6 Å². The van der Waals surface area contributed by atoms with E-state index in [0.29, 0.717) is 19.5 Å². The first-order valence-electron chi connectivity index (χ1n) is 7.39. The number of aromatic nitrogens is 3. The number of nitrogens with one attached hydrogen (secondary N) is 2. The molecule has 1 aromatic heterocycles. The van der Waals surface area contributed by atoms with Crippen molar-refractivity contribution >= 4 is 17.8 Å². The summed E-state index contributed by atoms with van der Waals surface area (Å²) in [4.78, 5) is 34.1. The molecule has 0 saturated heterocycles. The van der Waals surface area contributed by atoms with Gasteiger partial charge in [0.2, 0.25) is 5.91 Å². The number of rotatable bonds is 8.